The van der Waals surface area contributed by atoms with Crippen molar-refractivity contribution in [2.75, 3.05) is 32.6 Å². The Morgan fingerprint density at radius 1 is 1.00 bits per heavy atom. The Labute approximate surface area is 172 Å². The largest absolute Gasteiger partial charge is 0.466 e. The third kappa shape index (κ3) is 7.51. The first-order chi connectivity index (χ1) is 13.5. The van der Waals surface area contributed by atoms with Gasteiger partial charge >= 0.3 is 11.9 Å². The highest BCUT2D eigenvalue weighted by molar-refractivity contribution is 7.89. The molecule has 1 aromatic rings. The molecule has 0 aliphatic carbocycles. The van der Waals surface area contributed by atoms with E-state index in [0.29, 0.717) is 18.8 Å². The number of benzene rings is 1. The minimum atomic E-state index is -3.66. The summed E-state index contributed by atoms with van der Waals surface area (Å²) in [5.41, 5.74) is 0.292. The summed E-state index contributed by atoms with van der Waals surface area (Å²) in [5, 5.41) is 2.74. The Hall–Kier alpha value is -2.39. The second kappa shape index (κ2) is 11.0. The second-order valence-electron chi connectivity index (χ2n) is 7.33. The lowest BCUT2D eigenvalue weighted by atomic mass is 10.2. The standard InChI is InChI=1S/C20H30N2O6S/c1-14(2)12-22(13-15(3)4)29(25,26)17-9-7-16(8-10-17)21-18(20(24)28-6)11-19(23)27-5/h7-11,14-15,21H,12-13H2,1-6H3/b18-11+. The summed E-state index contributed by atoms with van der Waals surface area (Å²) in [6.07, 6.45) is 0.962. The maximum absolute atomic E-state index is 13.0. The molecule has 0 atom stereocenters. The van der Waals surface area contributed by atoms with Crippen LogP contribution in [-0.4, -0.2) is 52.0 Å². The van der Waals surface area contributed by atoms with E-state index in [-0.39, 0.29) is 22.4 Å². The molecule has 9 heteroatoms. The van der Waals surface area contributed by atoms with E-state index in [0.717, 1.165) is 6.08 Å². The summed E-state index contributed by atoms with van der Waals surface area (Å²) in [4.78, 5) is 23.4. The van der Waals surface area contributed by atoms with Gasteiger partial charge in [0.2, 0.25) is 10.0 Å². The van der Waals surface area contributed by atoms with Gasteiger partial charge in [0.05, 0.1) is 25.2 Å². The summed E-state index contributed by atoms with van der Waals surface area (Å²) in [7, 11) is -1.28. The summed E-state index contributed by atoms with van der Waals surface area (Å²) in [5.74, 6) is -1.10. The summed E-state index contributed by atoms with van der Waals surface area (Å²) in [6.45, 7) is 8.73. The van der Waals surface area contributed by atoms with Gasteiger partial charge in [-0.3, -0.25) is 0 Å². The number of methoxy groups -OCH3 is 2. The number of rotatable bonds is 10. The van der Waals surface area contributed by atoms with E-state index >= 15 is 0 Å². The molecule has 0 aliphatic rings. The summed E-state index contributed by atoms with van der Waals surface area (Å²) < 4.78 is 36.7. The van der Waals surface area contributed by atoms with Crippen LogP contribution in [0.5, 0.6) is 0 Å². The molecule has 1 rings (SSSR count). The van der Waals surface area contributed by atoms with Gasteiger partial charge in [0.15, 0.2) is 0 Å². The van der Waals surface area contributed by atoms with Crippen molar-refractivity contribution >= 4 is 27.6 Å². The smallest absolute Gasteiger partial charge is 0.354 e. The van der Waals surface area contributed by atoms with Crippen LogP contribution >= 0.6 is 0 Å². The van der Waals surface area contributed by atoms with Gasteiger partial charge in [0, 0.05) is 18.8 Å². The fourth-order valence-corrected chi connectivity index (χ4v) is 4.30. The Morgan fingerprint density at radius 2 is 1.52 bits per heavy atom. The Kier molecular flexibility index (Phi) is 9.32. The van der Waals surface area contributed by atoms with E-state index in [1.54, 1.807) is 0 Å². The van der Waals surface area contributed by atoms with Crippen LogP contribution in [0.2, 0.25) is 0 Å². The van der Waals surface area contributed by atoms with Crippen molar-refractivity contribution in [2.45, 2.75) is 32.6 Å². The Balaban J connectivity index is 3.13. The van der Waals surface area contributed by atoms with Gasteiger partial charge in [-0.2, -0.15) is 4.31 Å². The number of nitrogens with zero attached hydrogens (tertiary/aromatic N) is 1. The van der Waals surface area contributed by atoms with Crippen LogP contribution in [0.3, 0.4) is 0 Å². The van der Waals surface area contributed by atoms with Crippen molar-refractivity contribution in [3.05, 3.63) is 36.0 Å². The van der Waals surface area contributed by atoms with Gasteiger partial charge in [-0.1, -0.05) is 27.7 Å². The lowest BCUT2D eigenvalue weighted by Gasteiger charge is -2.25. The topological polar surface area (TPSA) is 102 Å². The summed E-state index contributed by atoms with van der Waals surface area (Å²) in [6, 6.07) is 5.95. The molecule has 0 amide bonds. The van der Waals surface area contributed by atoms with Gasteiger partial charge in [-0.05, 0) is 36.1 Å². The van der Waals surface area contributed by atoms with E-state index in [2.05, 4.69) is 14.8 Å². The van der Waals surface area contributed by atoms with Crippen molar-refractivity contribution in [1.82, 2.24) is 4.31 Å². The average molecular weight is 427 g/mol. The molecule has 0 fully saturated rings. The molecule has 0 aliphatic heterocycles. The van der Waals surface area contributed by atoms with Crippen molar-refractivity contribution in [3.8, 4) is 0 Å². The highest BCUT2D eigenvalue weighted by Crippen LogP contribution is 2.21. The molecule has 0 saturated heterocycles. The Morgan fingerprint density at radius 3 is 1.93 bits per heavy atom. The molecule has 0 spiro atoms. The normalized spacial score (nSPS) is 12.4. The minimum absolute atomic E-state index is 0.129. The van der Waals surface area contributed by atoms with Crippen LogP contribution in [-0.2, 0) is 29.1 Å². The molecule has 1 N–H and O–H groups in total. The van der Waals surface area contributed by atoms with Crippen LogP contribution in [0.25, 0.3) is 0 Å². The van der Waals surface area contributed by atoms with Crippen molar-refractivity contribution in [2.24, 2.45) is 11.8 Å². The van der Waals surface area contributed by atoms with Gasteiger partial charge in [-0.15, -0.1) is 0 Å². The van der Waals surface area contributed by atoms with E-state index in [1.165, 1.54) is 42.8 Å². The maximum atomic E-state index is 13.0. The SMILES string of the molecule is COC(=O)/C=C(/Nc1ccc(S(=O)(=O)N(CC(C)C)CC(C)C)cc1)C(=O)OC. The van der Waals surface area contributed by atoms with E-state index in [1.807, 2.05) is 27.7 Å². The second-order valence-corrected chi connectivity index (χ2v) is 9.27. The van der Waals surface area contributed by atoms with Gasteiger partial charge in [0.1, 0.15) is 5.70 Å². The van der Waals surface area contributed by atoms with Crippen molar-refractivity contribution in [1.29, 1.82) is 0 Å². The van der Waals surface area contributed by atoms with E-state index < -0.39 is 22.0 Å². The van der Waals surface area contributed by atoms with Gasteiger partial charge < -0.3 is 14.8 Å². The average Bonchev–Trinajstić information content (AvgIpc) is 2.65. The van der Waals surface area contributed by atoms with Crippen LogP contribution in [0.15, 0.2) is 40.9 Å². The molecule has 8 nitrogen and oxygen atoms in total. The van der Waals surface area contributed by atoms with Crippen LogP contribution in [0.1, 0.15) is 27.7 Å². The number of hydrogen-bond donors (Lipinski definition) is 1. The van der Waals surface area contributed by atoms with Gasteiger partial charge in [-0.25, -0.2) is 18.0 Å². The van der Waals surface area contributed by atoms with Gasteiger partial charge in [0.25, 0.3) is 0 Å². The number of anilines is 1. The number of ether oxygens (including phenoxy) is 2. The quantitative estimate of drug-likeness (QED) is 0.453. The highest BCUT2D eigenvalue weighted by atomic mass is 32.2. The molecule has 0 aromatic heterocycles. The monoisotopic (exact) mass is 426 g/mol. The third-order valence-electron chi connectivity index (χ3n) is 3.78. The predicted octanol–water partition coefficient (Wildman–Crippen LogP) is 2.63. The molecule has 0 unspecified atom stereocenters. The minimum Gasteiger partial charge on any atom is -0.466 e. The molecule has 0 heterocycles. The fourth-order valence-electron chi connectivity index (χ4n) is 2.53. The number of hydrogen-bond acceptors (Lipinski definition) is 7. The van der Waals surface area contributed by atoms with E-state index in [9.17, 15) is 18.0 Å². The third-order valence-corrected chi connectivity index (χ3v) is 5.62. The molecule has 0 bridgehead atoms. The number of carbonyl (C=O) groups excluding carboxylic acids is 2. The highest BCUT2D eigenvalue weighted by Gasteiger charge is 2.26. The zero-order chi connectivity index (χ0) is 22.2. The first-order valence-corrected chi connectivity index (χ1v) is 10.7. The first-order valence-electron chi connectivity index (χ1n) is 9.26. The number of carbonyl (C=O) groups is 2. The van der Waals surface area contributed by atoms with Crippen LogP contribution in [0.4, 0.5) is 5.69 Å². The molecule has 1 aromatic carbocycles. The molecule has 29 heavy (non-hydrogen) atoms. The molecular formula is C20H30N2O6S. The maximum Gasteiger partial charge on any atom is 0.354 e. The molecule has 162 valence electrons. The number of esters is 2. The Bertz CT molecular complexity index is 819. The van der Waals surface area contributed by atoms with E-state index in [4.69, 9.17) is 0 Å². The zero-order valence-electron chi connectivity index (χ0n) is 17.8. The van der Waals surface area contributed by atoms with Crippen LogP contribution in [0, 0.1) is 11.8 Å². The van der Waals surface area contributed by atoms with Crippen molar-refractivity contribution < 1.29 is 27.5 Å². The molecule has 0 radical (unpaired) electrons. The first kappa shape index (κ1) is 24.6. The van der Waals surface area contributed by atoms with Crippen LogP contribution < -0.4 is 5.32 Å². The lowest BCUT2D eigenvalue weighted by Crippen LogP contribution is -2.37. The summed E-state index contributed by atoms with van der Waals surface area (Å²) >= 11 is 0. The molecule has 0 saturated carbocycles. The predicted molar refractivity (Wildman–Crippen MR) is 111 cm³/mol. The molecular weight excluding hydrogens is 396 g/mol. The zero-order valence-corrected chi connectivity index (χ0v) is 18.6. The number of sulfonamides is 1. The fraction of sp³-hybridized carbons (Fsp3) is 0.500. The lowest BCUT2D eigenvalue weighted by molar-refractivity contribution is -0.138. The number of nitrogens with one attached hydrogen (secondary N) is 1. The van der Waals surface area contributed by atoms with Crippen molar-refractivity contribution in [3.63, 3.8) is 0 Å².